The second-order valence-electron chi connectivity index (χ2n) is 5.56. The molecule has 2 aromatic rings. The van der Waals surface area contributed by atoms with E-state index < -0.39 is 5.82 Å². The Kier molecular flexibility index (Phi) is 4.73. The van der Waals surface area contributed by atoms with Gasteiger partial charge in [-0.05, 0) is 32.9 Å². The molecule has 1 aromatic heterocycles. The third kappa shape index (κ3) is 4.23. The minimum atomic E-state index is -0.435. The van der Waals surface area contributed by atoms with Crippen molar-refractivity contribution in [2.45, 2.75) is 32.7 Å². The molecule has 6 heteroatoms. The fourth-order valence-electron chi connectivity index (χ4n) is 1.64. The Morgan fingerprint density at radius 1 is 1.30 bits per heavy atom. The van der Waals surface area contributed by atoms with Crippen LogP contribution >= 0.6 is 22.9 Å². The fraction of sp³-hybridized carbons (Fsp3) is 0.429. The van der Waals surface area contributed by atoms with Crippen LogP contribution in [-0.2, 0) is 6.42 Å². The molecule has 20 heavy (non-hydrogen) atoms. The van der Waals surface area contributed by atoms with Crippen LogP contribution in [-0.4, -0.2) is 22.3 Å². The summed E-state index contributed by atoms with van der Waals surface area (Å²) in [5.41, 5.74) is 0.798. The quantitative estimate of drug-likeness (QED) is 0.929. The zero-order chi connectivity index (χ0) is 14.8. The van der Waals surface area contributed by atoms with E-state index in [1.807, 2.05) is 0 Å². The molecule has 1 aromatic carbocycles. The molecule has 0 saturated carbocycles. The second kappa shape index (κ2) is 6.16. The van der Waals surface area contributed by atoms with E-state index in [1.165, 1.54) is 23.5 Å². The number of nitrogens with one attached hydrogen (secondary N) is 1. The Labute approximate surface area is 127 Å². The maximum Gasteiger partial charge on any atom is 0.147 e. The van der Waals surface area contributed by atoms with E-state index in [0.29, 0.717) is 10.6 Å². The summed E-state index contributed by atoms with van der Waals surface area (Å²) in [6.07, 6.45) is 0.811. The normalized spacial score (nSPS) is 11.8. The molecule has 0 unspecified atom stereocenters. The maximum absolute atomic E-state index is 13.4. The number of nitrogens with zero attached hydrogens (tertiary/aromatic N) is 2. The first-order valence-electron chi connectivity index (χ1n) is 6.38. The van der Waals surface area contributed by atoms with Gasteiger partial charge in [-0.1, -0.05) is 29.0 Å². The lowest BCUT2D eigenvalue weighted by Gasteiger charge is -2.19. The molecule has 1 heterocycles. The van der Waals surface area contributed by atoms with Gasteiger partial charge in [-0.2, -0.15) is 0 Å². The van der Waals surface area contributed by atoms with Gasteiger partial charge in [0.25, 0.3) is 0 Å². The highest BCUT2D eigenvalue weighted by molar-refractivity contribution is 7.14. The first kappa shape index (κ1) is 15.4. The van der Waals surface area contributed by atoms with Crippen molar-refractivity contribution in [2.75, 3.05) is 6.54 Å². The van der Waals surface area contributed by atoms with Crippen molar-refractivity contribution < 1.29 is 4.39 Å². The molecule has 0 fully saturated rings. The van der Waals surface area contributed by atoms with E-state index >= 15 is 0 Å². The summed E-state index contributed by atoms with van der Waals surface area (Å²) in [6, 6.07) is 4.68. The molecule has 0 radical (unpaired) electrons. The molecule has 0 aliphatic carbocycles. The second-order valence-corrected chi connectivity index (χ2v) is 7.03. The van der Waals surface area contributed by atoms with Gasteiger partial charge in [-0.25, -0.2) is 4.39 Å². The van der Waals surface area contributed by atoms with Crippen LogP contribution in [0.5, 0.6) is 0 Å². The van der Waals surface area contributed by atoms with Gasteiger partial charge >= 0.3 is 0 Å². The van der Waals surface area contributed by atoms with Crippen LogP contribution < -0.4 is 5.32 Å². The van der Waals surface area contributed by atoms with Crippen molar-refractivity contribution in [1.82, 2.24) is 15.5 Å². The third-order valence-electron chi connectivity index (χ3n) is 2.63. The summed E-state index contributed by atoms with van der Waals surface area (Å²) in [5.74, 6) is -0.435. The Morgan fingerprint density at radius 2 is 2.05 bits per heavy atom. The lowest BCUT2D eigenvalue weighted by Crippen LogP contribution is -2.37. The van der Waals surface area contributed by atoms with E-state index in [9.17, 15) is 4.39 Å². The number of benzene rings is 1. The van der Waals surface area contributed by atoms with E-state index in [4.69, 9.17) is 11.6 Å². The van der Waals surface area contributed by atoms with E-state index in [2.05, 4.69) is 36.3 Å². The van der Waals surface area contributed by atoms with Crippen molar-refractivity contribution in [1.29, 1.82) is 0 Å². The van der Waals surface area contributed by atoms with Crippen LogP contribution in [0.1, 0.15) is 25.8 Å². The molecular formula is C14H17ClFN3S. The number of hydrogen-bond donors (Lipinski definition) is 1. The summed E-state index contributed by atoms with van der Waals surface area (Å²) < 4.78 is 13.4. The van der Waals surface area contributed by atoms with Crippen molar-refractivity contribution in [3.63, 3.8) is 0 Å². The van der Waals surface area contributed by atoms with E-state index in [0.717, 1.165) is 18.0 Å². The summed E-state index contributed by atoms with van der Waals surface area (Å²) in [4.78, 5) is 0. The smallest absolute Gasteiger partial charge is 0.147 e. The maximum atomic E-state index is 13.4. The monoisotopic (exact) mass is 313 g/mol. The largest absolute Gasteiger partial charge is 0.312 e. The number of halogens is 2. The first-order valence-corrected chi connectivity index (χ1v) is 7.57. The van der Waals surface area contributed by atoms with Crippen LogP contribution in [0, 0.1) is 5.82 Å². The van der Waals surface area contributed by atoms with Crippen molar-refractivity contribution in [3.05, 3.63) is 34.0 Å². The lowest BCUT2D eigenvalue weighted by atomic mass is 10.1. The van der Waals surface area contributed by atoms with E-state index in [1.54, 1.807) is 6.07 Å². The van der Waals surface area contributed by atoms with Gasteiger partial charge < -0.3 is 5.32 Å². The molecule has 0 amide bonds. The number of rotatable bonds is 4. The molecule has 108 valence electrons. The molecule has 2 rings (SSSR count). The van der Waals surface area contributed by atoms with Crippen LogP contribution in [0.2, 0.25) is 5.02 Å². The zero-order valence-electron chi connectivity index (χ0n) is 11.7. The van der Waals surface area contributed by atoms with Crippen LogP contribution in [0.3, 0.4) is 0 Å². The highest BCUT2D eigenvalue weighted by Crippen LogP contribution is 2.26. The summed E-state index contributed by atoms with van der Waals surface area (Å²) in [7, 11) is 0. The summed E-state index contributed by atoms with van der Waals surface area (Å²) in [6.45, 7) is 7.20. The molecule has 0 aliphatic rings. The average Bonchev–Trinajstić information content (AvgIpc) is 2.80. The van der Waals surface area contributed by atoms with Crippen molar-refractivity contribution in [3.8, 4) is 10.6 Å². The van der Waals surface area contributed by atoms with Gasteiger partial charge in [-0.3, -0.25) is 0 Å². The van der Waals surface area contributed by atoms with Crippen molar-refractivity contribution >= 4 is 22.9 Å². The van der Waals surface area contributed by atoms with Gasteiger partial charge in [0.05, 0.1) is 5.02 Å². The van der Waals surface area contributed by atoms with E-state index in [-0.39, 0.29) is 10.6 Å². The summed E-state index contributed by atoms with van der Waals surface area (Å²) in [5, 5.41) is 13.4. The van der Waals surface area contributed by atoms with Gasteiger partial charge in [0.2, 0.25) is 0 Å². The molecule has 0 spiro atoms. The molecule has 0 aliphatic heterocycles. The molecule has 0 atom stereocenters. The predicted octanol–water partition coefficient (Wildman–Crippen LogP) is 3.93. The SMILES string of the molecule is CC(C)(C)NCCc1nnc(-c2ccc(Cl)c(F)c2)s1. The highest BCUT2D eigenvalue weighted by atomic mass is 35.5. The molecular weight excluding hydrogens is 297 g/mol. The van der Waals surface area contributed by atoms with Crippen LogP contribution in [0.15, 0.2) is 18.2 Å². The molecule has 1 N–H and O–H groups in total. The van der Waals surface area contributed by atoms with Gasteiger partial charge in [0.1, 0.15) is 15.8 Å². The standard InChI is InChI=1S/C14H17ClFN3S/c1-14(2,3)17-7-6-12-18-19-13(20-12)9-4-5-10(15)11(16)8-9/h4-5,8,17H,6-7H2,1-3H3. The highest BCUT2D eigenvalue weighted by Gasteiger charge is 2.11. The summed E-state index contributed by atoms with van der Waals surface area (Å²) >= 11 is 7.15. The van der Waals surface area contributed by atoms with Gasteiger partial charge in [0, 0.05) is 24.1 Å². The van der Waals surface area contributed by atoms with Crippen LogP contribution in [0.25, 0.3) is 10.6 Å². The number of hydrogen-bond acceptors (Lipinski definition) is 4. The molecule has 0 bridgehead atoms. The first-order chi connectivity index (χ1) is 9.35. The lowest BCUT2D eigenvalue weighted by molar-refractivity contribution is 0.429. The third-order valence-corrected chi connectivity index (χ3v) is 3.97. The average molecular weight is 314 g/mol. The van der Waals surface area contributed by atoms with Crippen molar-refractivity contribution in [2.24, 2.45) is 0 Å². The Balaban J connectivity index is 2.03. The minimum Gasteiger partial charge on any atom is -0.312 e. The molecule has 3 nitrogen and oxygen atoms in total. The van der Waals surface area contributed by atoms with Crippen LogP contribution in [0.4, 0.5) is 4.39 Å². The fourth-order valence-corrected chi connectivity index (χ4v) is 2.60. The Hall–Kier alpha value is -1.04. The Bertz CT molecular complexity index is 592. The van der Waals surface area contributed by atoms with Gasteiger partial charge in [0.15, 0.2) is 0 Å². The predicted molar refractivity (Wildman–Crippen MR) is 81.8 cm³/mol. The molecule has 0 saturated heterocycles. The van der Waals surface area contributed by atoms with Gasteiger partial charge in [-0.15, -0.1) is 10.2 Å². The number of aromatic nitrogens is 2. The zero-order valence-corrected chi connectivity index (χ0v) is 13.3. The Morgan fingerprint density at radius 3 is 2.70 bits per heavy atom. The topological polar surface area (TPSA) is 37.8 Å². The minimum absolute atomic E-state index is 0.0901.